The highest BCUT2D eigenvalue weighted by molar-refractivity contribution is 5.53. The molecule has 0 aliphatic heterocycles. The van der Waals surface area contributed by atoms with Crippen LogP contribution in [0.4, 0.5) is 10.1 Å². The predicted molar refractivity (Wildman–Crippen MR) is 45.5 cm³/mol. The Morgan fingerprint density at radius 2 is 2.18 bits per heavy atom. The number of hydrogen-bond acceptors (Lipinski definition) is 1. The molecule has 58 valence electrons. The summed E-state index contributed by atoms with van der Waals surface area (Å²) in [5.74, 6) is -0.361. The summed E-state index contributed by atoms with van der Waals surface area (Å²) in [5, 5.41) is 0. The molecule has 1 nitrogen and oxygen atoms in total. The van der Waals surface area contributed by atoms with Gasteiger partial charge in [0.1, 0.15) is 5.82 Å². The second-order valence-corrected chi connectivity index (χ2v) is 2.28. The fourth-order valence-electron chi connectivity index (χ4n) is 0.840. The Morgan fingerprint density at radius 1 is 1.45 bits per heavy atom. The molecule has 1 aromatic rings. The molecule has 0 fully saturated rings. The number of hydrogen-bond donors (Lipinski definition) is 1. The van der Waals surface area contributed by atoms with Crippen LogP contribution in [0.5, 0.6) is 0 Å². The molecule has 0 spiro atoms. The average molecular weight is 151 g/mol. The highest BCUT2D eigenvalue weighted by Gasteiger charge is 1.95. The lowest BCUT2D eigenvalue weighted by atomic mass is 10.2. The lowest BCUT2D eigenvalue weighted by Gasteiger charge is -1.96. The van der Waals surface area contributed by atoms with Crippen molar-refractivity contribution in [2.45, 2.75) is 6.92 Å². The maximum atomic E-state index is 12.7. The quantitative estimate of drug-likeness (QED) is 0.613. The Kier molecular flexibility index (Phi) is 2.26. The first-order valence-electron chi connectivity index (χ1n) is 3.42. The molecule has 1 rings (SSSR count). The predicted octanol–water partition coefficient (Wildman–Crippen LogP) is 2.44. The molecule has 0 aliphatic carbocycles. The average Bonchev–Trinajstić information content (AvgIpc) is 1.98. The van der Waals surface area contributed by atoms with Crippen molar-refractivity contribution in [3.63, 3.8) is 0 Å². The van der Waals surface area contributed by atoms with E-state index in [0.29, 0.717) is 0 Å². The van der Waals surface area contributed by atoms with E-state index in [1.165, 1.54) is 6.07 Å². The first-order valence-corrected chi connectivity index (χ1v) is 3.42. The fraction of sp³-hybridized carbons (Fsp3) is 0.111. The summed E-state index contributed by atoms with van der Waals surface area (Å²) in [5.41, 5.74) is 6.31. The zero-order valence-electron chi connectivity index (χ0n) is 6.34. The van der Waals surface area contributed by atoms with Crippen molar-refractivity contribution in [2.24, 2.45) is 0 Å². The molecule has 0 unspecified atom stereocenters. The number of nitrogen functional groups attached to an aromatic ring is 1. The van der Waals surface area contributed by atoms with E-state index in [-0.39, 0.29) is 11.5 Å². The molecule has 0 bridgehead atoms. The molecule has 0 amide bonds. The summed E-state index contributed by atoms with van der Waals surface area (Å²) in [6.07, 6.45) is 3.67. The van der Waals surface area contributed by atoms with Crippen molar-refractivity contribution < 1.29 is 4.39 Å². The maximum absolute atomic E-state index is 12.7. The van der Waals surface area contributed by atoms with Crippen LogP contribution in [0.25, 0.3) is 6.08 Å². The van der Waals surface area contributed by atoms with E-state index in [1.807, 2.05) is 19.1 Å². The largest absolute Gasteiger partial charge is 0.396 e. The second-order valence-electron chi connectivity index (χ2n) is 2.28. The maximum Gasteiger partial charge on any atom is 0.146 e. The van der Waals surface area contributed by atoms with Crippen LogP contribution in [-0.2, 0) is 0 Å². The monoisotopic (exact) mass is 151 g/mol. The number of halogens is 1. The summed E-state index contributed by atoms with van der Waals surface area (Å²) in [6.45, 7) is 1.88. The van der Waals surface area contributed by atoms with Crippen LogP contribution in [0.3, 0.4) is 0 Å². The number of allylic oxidation sites excluding steroid dienone is 1. The van der Waals surface area contributed by atoms with Gasteiger partial charge in [0.15, 0.2) is 0 Å². The van der Waals surface area contributed by atoms with E-state index in [0.717, 1.165) is 5.56 Å². The Morgan fingerprint density at radius 3 is 2.73 bits per heavy atom. The van der Waals surface area contributed by atoms with E-state index in [4.69, 9.17) is 5.73 Å². The van der Waals surface area contributed by atoms with Crippen molar-refractivity contribution in [3.05, 3.63) is 35.7 Å². The normalized spacial score (nSPS) is 10.7. The van der Waals surface area contributed by atoms with E-state index >= 15 is 0 Å². The molecule has 2 N–H and O–H groups in total. The van der Waals surface area contributed by atoms with E-state index < -0.39 is 0 Å². The molecule has 0 saturated heterocycles. The summed E-state index contributed by atoms with van der Waals surface area (Å²) in [6, 6.07) is 4.75. The summed E-state index contributed by atoms with van der Waals surface area (Å²) >= 11 is 0. The van der Waals surface area contributed by atoms with Gasteiger partial charge in [-0.3, -0.25) is 0 Å². The van der Waals surface area contributed by atoms with E-state index in [2.05, 4.69) is 0 Å². The molecule has 0 radical (unpaired) electrons. The van der Waals surface area contributed by atoms with Gasteiger partial charge >= 0.3 is 0 Å². The van der Waals surface area contributed by atoms with Gasteiger partial charge in [0, 0.05) is 0 Å². The Hall–Kier alpha value is -1.31. The minimum atomic E-state index is -0.361. The Balaban J connectivity index is 3.05. The van der Waals surface area contributed by atoms with Crippen LogP contribution in [0.2, 0.25) is 0 Å². The van der Waals surface area contributed by atoms with Gasteiger partial charge in [0.05, 0.1) is 5.69 Å². The SMILES string of the molecule is C/C=C/c1ccc(N)c(F)c1. The summed E-state index contributed by atoms with van der Waals surface area (Å²) in [7, 11) is 0. The molecular weight excluding hydrogens is 141 g/mol. The minimum Gasteiger partial charge on any atom is -0.396 e. The number of rotatable bonds is 1. The zero-order valence-corrected chi connectivity index (χ0v) is 6.34. The van der Waals surface area contributed by atoms with Crippen molar-refractivity contribution in [3.8, 4) is 0 Å². The van der Waals surface area contributed by atoms with Gasteiger partial charge in [-0.1, -0.05) is 18.2 Å². The van der Waals surface area contributed by atoms with Gasteiger partial charge in [-0.15, -0.1) is 0 Å². The zero-order chi connectivity index (χ0) is 8.27. The number of anilines is 1. The van der Waals surface area contributed by atoms with Gasteiger partial charge in [0.25, 0.3) is 0 Å². The molecule has 1 aromatic carbocycles. The first-order chi connectivity index (χ1) is 5.24. The van der Waals surface area contributed by atoms with Crippen LogP contribution in [0.1, 0.15) is 12.5 Å². The Labute approximate surface area is 65.3 Å². The molecule has 0 aliphatic rings. The third-order valence-corrected chi connectivity index (χ3v) is 1.38. The van der Waals surface area contributed by atoms with Gasteiger partial charge in [-0.25, -0.2) is 4.39 Å². The van der Waals surface area contributed by atoms with Gasteiger partial charge in [-0.2, -0.15) is 0 Å². The third kappa shape index (κ3) is 1.80. The van der Waals surface area contributed by atoms with Gasteiger partial charge < -0.3 is 5.73 Å². The van der Waals surface area contributed by atoms with Crippen LogP contribution in [-0.4, -0.2) is 0 Å². The minimum absolute atomic E-state index is 0.193. The Bertz CT molecular complexity index is 279. The van der Waals surface area contributed by atoms with Crippen molar-refractivity contribution >= 4 is 11.8 Å². The van der Waals surface area contributed by atoms with Crippen molar-refractivity contribution in [1.29, 1.82) is 0 Å². The second kappa shape index (κ2) is 3.19. The molecule has 11 heavy (non-hydrogen) atoms. The summed E-state index contributed by atoms with van der Waals surface area (Å²) < 4.78 is 12.7. The van der Waals surface area contributed by atoms with E-state index in [9.17, 15) is 4.39 Å². The standard InChI is InChI=1S/C9H10FN/c1-2-3-7-4-5-9(11)8(10)6-7/h2-6H,11H2,1H3/b3-2+. The van der Waals surface area contributed by atoms with Crippen molar-refractivity contribution in [1.82, 2.24) is 0 Å². The summed E-state index contributed by atoms with van der Waals surface area (Å²) in [4.78, 5) is 0. The lowest BCUT2D eigenvalue weighted by Crippen LogP contribution is -1.89. The van der Waals surface area contributed by atoms with Crippen molar-refractivity contribution in [2.75, 3.05) is 5.73 Å². The van der Waals surface area contributed by atoms with Crippen LogP contribution in [0.15, 0.2) is 24.3 Å². The van der Waals surface area contributed by atoms with Gasteiger partial charge in [-0.05, 0) is 24.6 Å². The molecule has 0 atom stereocenters. The third-order valence-electron chi connectivity index (χ3n) is 1.38. The van der Waals surface area contributed by atoms with Crippen LogP contribution < -0.4 is 5.73 Å². The smallest absolute Gasteiger partial charge is 0.146 e. The first kappa shape index (κ1) is 7.79. The highest BCUT2D eigenvalue weighted by Crippen LogP contribution is 2.12. The topological polar surface area (TPSA) is 26.0 Å². The lowest BCUT2D eigenvalue weighted by molar-refractivity contribution is 0.632. The number of benzene rings is 1. The molecule has 2 heteroatoms. The van der Waals surface area contributed by atoms with Crippen LogP contribution >= 0.6 is 0 Å². The number of nitrogens with two attached hydrogens (primary N) is 1. The molecule has 0 heterocycles. The highest BCUT2D eigenvalue weighted by atomic mass is 19.1. The van der Waals surface area contributed by atoms with E-state index in [1.54, 1.807) is 12.1 Å². The van der Waals surface area contributed by atoms with Crippen LogP contribution in [0, 0.1) is 5.82 Å². The fourth-order valence-corrected chi connectivity index (χ4v) is 0.840. The molecule has 0 saturated carbocycles. The van der Waals surface area contributed by atoms with Gasteiger partial charge in [0.2, 0.25) is 0 Å². The molecular formula is C9H10FN. The molecule has 0 aromatic heterocycles.